The van der Waals surface area contributed by atoms with E-state index in [1.807, 2.05) is 35.2 Å². The van der Waals surface area contributed by atoms with Crippen molar-refractivity contribution >= 4 is 22.8 Å². The number of hydrogen-bond acceptors (Lipinski definition) is 4. The molecular weight excluding hydrogens is 312 g/mol. The van der Waals surface area contributed by atoms with Crippen LogP contribution >= 0.6 is 0 Å². The third kappa shape index (κ3) is 2.71. The SMILES string of the molecule is CC(C)c1ccc2nc(N)nc(C(=O)N3Cc4ccccc4C3)c2c1. The van der Waals surface area contributed by atoms with Crippen LogP contribution in [0.3, 0.4) is 0 Å². The first-order valence-electron chi connectivity index (χ1n) is 8.46. The second-order valence-electron chi connectivity index (χ2n) is 6.79. The minimum Gasteiger partial charge on any atom is -0.368 e. The molecule has 5 heteroatoms. The van der Waals surface area contributed by atoms with E-state index < -0.39 is 0 Å². The maximum absolute atomic E-state index is 13.1. The van der Waals surface area contributed by atoms with Gasteiger partial charge in [-0.25, -0.2) is 9.97 Å². The van der Waals surface area contributed by atoms with Gasteiger partial charge in [-0.1, -0.05) is 44.2 Å². The highest BCUT2D eigenvalue weighted by Gasteiger charge is 2.26. The molecule has 2 heterocycles. The topological polar surface area (TPSA) is 72.1 Å². The number of rotatable bonds is 2. The van der Waals surface area contributed by atoms with Crippen molar-refractivity contribution in [2.75, 3.05) is 5.73 Å². The summed E-state index contributed by atoms with van der Waals surface area (Å²) in [7, 11) is 0. The third-order valence-corrected chi connectivity index (χ3v) is 4.73. The minimum atomic E-state index is -0.101. The summed E-state index contributed by atoms with van der Waals surface area (Å²) in [5.41, 5.74) is 10.5. The Morgan fingerprint density at radius 1 is 1.08 bits per heavy atom. The van der Waals surface area contributed by atoms with Crippen molar-refractivity contribution < 1.29 is 4.79 Å². The molecule has 126 valence electrons. The van der Waals surface area contributed by atoms with E-state index >= 15 is 0 Å². The van der Waals surface area contributed by atoms with Gasteiger partial charge in [-0.2, -0.15) is 0 Å². The van der Waals surface area contributed by atoms with Crippen LogP contribution in [0.25, 0.3) is 10.9 Å². The van der Waals surface area contributed by atoms with E-state index in [-0.39, 0.29) is 11.9 Å². The summed E-state index contributed by atoms with van der Waals surface area (Å²) in [5, 5.41) is 0.765. The zero-order chi connectivity index (χ0) is 17.6. The van der Waals surface area contributed by atoms with Crippen LogP contribution < -0.4 is 5.73 Å². The van der Waals surface area contributed by atoms with Gasteiger partial charge in [-0.3, -0.25) is 4.79 Å². The Balaban J connectivity index is 1.78. The summed E-state index contributed by atoms with van der Waals surface area (Å²) in [6, 6.07) is 14.1. The Bertz CT molecular complexity index is 956. The van der Waals surface area contributed by atoms with Crippen LogP contribution in [-0.4, -0.2) is 20.8 Å². The van der Waals surface area contributed by atoms with E-state index in [4.69, 9.17) is 5.73 Å². The van der Waals surface area contributed by atoms with E-state index in [9.17, 15) is 4.79 Å². The average Bonchev–Trinajstić information content (AvgIpc) is 3.04. The number of aromatic nitrogens is 2. The van der Waals surface area contributed by atoms with Gasteiger partial charge >= 0.3 is 0 Å². The molecule has 0 atom stereocenters. The van der Waals surface area contributed by atoms with E-state index in [2.05, 4.69) is 35.9 Å². The molecule has 0 aliphatic carbocycles. The number of nitrogens with zero attached hydrogens (tertiary/aromatic N) is 3. The van der Waals surface area contributed by atoms with E-state index in [0.717, 1.165) is 10.9 Å². The van der Waals surface area contributed by atoms with Gasteiger partial charge in [0.1, 0.15) is 5.69 Å². The Morgan fingerprint density at radius 3 is 2.40 bits per heavy atom. The predicted molar refractivity (Wildman–Crippen MR) is 98.1 cm³/mol. The lowest BCUT2D eigenvalue weighted by Gasteiger charge is -2.17. The van der Waals surface area contributed by atoms with Crippen molar-refractivity contribution in [3.63, 3.8) is 0 Å². The first-order chi connectivity index (χ1) is 12.0. The molecule has 0 saturated heterocycles. The van der Waals surface area contributed by atoms with Crippen LogP contribution in [0.2, 0.25) is 0 Å². The van der Waals surface area contributed by atoms with Gasteiger partial charge in [0.15, 0.2) is 0 Å². The first-order valence-corrected chi connectivity index (χ1v) is 8.46. The molecule has 0 bridgehead atoms. The number of hydrogen-bond donors (Lipinski definition) is 1. The molecule has 2 N–H and O–H groups in total. The smallest absolute Gasteiger partial charge is 0.273 e. The number of nitrogen functional groups attached to an aromatic ring is 1. The minimum absolute atomic E-state index is 0.101. The van der Waals surface area contributed by atoms with E-state index in [0.29, 0.717) is 30.2 Å². The van der Waals surface area contributed by atoms with Crippen LogP contribution in [0, 0.1) is 0 Å². The van der Waals surface area contributed by atoms with Crippen molar-refractivity contribution in [1.82, 2.24) is 14.9 Å². The van der Waals surface area contributed by atoms with Crippen LogP contribution in [0.5, 0.6) is 0 Å². The number of carbonyl (C=O) groups is 1. The lowest BCUT2D eigenvalue weighted by atomic mass is 10.0. The molecule has 0 radical (unpaired) electrons. The highest BCUT2D eigenvalue weighted by Crippen LogP contribution is 2.27. The number of nitrogens with two attached hydrogens (primary N) is 1. The number of amides is 1. The number of carbonyl (C=O) groups excluding carboxylic acids is 1. The summed E-state index contributed by atoms with van der Waals surface area (Å²) >= 11 is 0. The molecule has 1 aromatic heterocycles. The fourth-order valence-corrected chi connectivity index (χ4v) is 3.31. The molecule has 1 aliphatic heterocycles. The van der Waals surface area contributed by atoms with Crippen molar-refractivity contribution in [3.8, 4) is 0 Å². The molecule has 5 nitrogen and oxygen atoms in total. The molecule has 25 heavy (non-hydrogen) atoms. The van der Waals surface area contributed by atoms with Crippen molar-refractivity contribution in [2.45, 2.75) is 32.9 Å². The standard InChI is InChI=1S/C20H20N4O/c1-12(2)13-7-8-17-16(9-13)18(23-20(21)22-17)19(25)24-10-14-5-3-4-6-15(14)11-24/h3-9,12H,10-11H2,1-2H3,(H2,21,22,23). The predicted octanol–water partition coefficient (Wildman–Crippen LogP) is 3.49. The highest BCUT2D eigenvalue weighted by molar-refractivity contribution is 6.05. The average molecular weight is 332 g/mol. The lowest BCUT2D eigenvalue weighted by Crippen LogP contribution is -2.27. The van der Waals surface area contributed by atoms with Crippen LogP contribution in [0.1, 0.15) is 46.9 Å². The van der Waals surface area contributed by atoms with Gasteiger partial charge in [0.25, 0.3) is 5.91 Å². The monoisotopic (exact) mass is 332 g/mol. The second kappa shape index (κ2) is 5.84. The number of anilines is 1. The van der Waals surface area contributed by atoms with Crippen LogP contribution in [-0.2, 0) is 13.1 Å². The second-order valence-corrected chi connectivity index (χ2v) is 6.79. The first kappa shape index (κ1) is 15.6. The summed E-state index contributed by atoms with van der Waals surface area (Å²) in [4.78, 5) is 23.5. The number of fused-ring (bicyclic) bond motifs is 2. The molecular formula is C20H20N4O. The molecule has 2 aromatic carbocycles. The lowest BCUT2D eigenvalue weighted by molar-refractivity contribution is 0.0747. The fourth-order valence-electron chi connectivity index (χ4n) is 3.31. The van der Waals surface area contributed by atoms with E-state index in [1.54, 1.807) is 0 Å². The van der Waals surface area contributed by atoms with Gasteiger partial charge in [-0.05, 0) is 34.7 Å². The van der Waals surface area contributed by atoms with Gasteiger partial charge in [-0.15, -0.1) is 0 Å². The molecule has 0 fully saturated rings. The molecule has 1 amide bonds. The van der Waals surface area contributed by atoms with Crippen LogP contribution in [0.15, 0.2) is 42.5 Å². The zero-order valence-electron chi connectivity index (χ0n) is 14.4. The Labute approximate surface area is 146 Å². The Kier molecular flexibility index (Phi) is 3.64. The Morgan fingerprint density at radius 2 is 1.76 bits per heavy atom. The quantitative estimate of drug-likeness (QED) is 0.780. The third-order valence-electron chi connectivity index (χ3n) is 4.73. The van der Waals surface area contributed by atoms with Gasteiger partial charge in [0.2, 0.25) is 5.95 Å². The molecule has 3 aromatic rings. The zero-order valence-corrected chi connectivity index (χ0v) is 14.4. The van der Waals surface area contributed by atoms with Crippen molar-refractivity contribution in [2.24, 2.45) is 0 Å². The maximum atomic E-state index is 13.1. The largest absolute Gasteiger partial charge is 0.368 e. The maximum Gasteiger partial charge on any atom is 0.273 e. The van der Waals surface area contributed by atoms with Gasteiger partial charge in [0, 0.05) is 18.5 Å². The van der Waals surface area contributed by atoms with Crippen molar-refractivity contribution in [3.05, 3.63) is 64.8 Å². The van der Waals surface area contributed by atoms with Gasteiger partial charge < -0.3 is 10.6 Å². The Hall–Kier alpha value is -2.95. The number of benzene rings is 2. The summed E-state index contributed by atoms with van der Waals surface area (Å²) < 4.78 is 0. The highest BCUT2D eigenvalue weighted by atomic mass is 16.2. The normalized spacial score (nSPS) is 13.5. The summed E-state index contributed by atoms with van der Waals surface area (Å²) in [6.07, 6.45) is 0. The molecule has 4 rings (SSSR count). The molecule has 0 saturated carbocycles. The molecule has 1 aliphatic rings. The fraction of sp³-hybridized carbons (Fsp3) is 0.250. The summed E-state index contributed by atoms with van der Waals surface area (Å²) in [6.45, 7) is 5.45. The molecule has 0 unspecified atom stereocenters. The molecule has 0 spiro atoms. The summed E-state index contributed by atoms with van der Waals surface area (Å²) in [5.74, 6) is 0.391. The van der Waals surface area contributed by atoms with E-state index in [1.165, 1.54) is 11.1 Å². The van der Waals surface area contributed by atoms with Gasteiger partial charge in [0.05, 0.1) is 5.52 Å². The van der Waals surface area contributed by atoms with Crippen LogP contribution in [0.4, 0.5) is 5.95 Å². The van der Waals surface area contributed by atoms with Crippen molar-refractivity contribution in [1.29, 1.82) is 0 Å².